The van der Waals surface area contributed by atoms with Gasteiger partial charge in [-0.25, -0.2) is 0 Å². The monoisotopic (exact) mass is 298 g/mol. The molecule has 0 bridgehead atoms. The highest BCUT2D eigenvalue weighted by molar-refractivity contribution is 5.85. The van der Waals surface area contributed by atoms with Crippen LogP contribution >= 0.6 is 12.4 Å². The largest absolute Gasteiger partial charge is 0.380 e. The molecule has 0 heterocycles. The first-order chi connectivity index (χ1) is 9.20. The van der Waals surface area contributed by atoms with Crippen LogP contribution in [-0.2, 0) is 14.9 Å². The number of ether oxygens (including phenoxy) is 1. The average molecular weight is 299 g/mol. The van der Waals surface area contributed by atoms with Crippen LogP contribution in [0.4, 0.5) is 0 Å². The number of methoxy groups -OCH3 is 1. The molecule has 1 aromatic rings. The van der Waals surface area contributed by atoms with Gasteiger partial charge in [0.1, 0.15) is 0 Å². The lowest BCUT2D eigenvalue weighted by Gasteiger charge is -2.18. The summed E-state index contributed by atoms with van der Waals surface area (Å²) < 4.78 is 5.12. The number of benzene rings is 1. The van der Waals surface area contributed by atoms with Crippen LogP contribution in [0.5, 0.6) is 0 Å². The molecule has 1 saturated carbocycles. The Kier molecular flexibility index (Phi) is 6.46. The van der Waals surface area contributed by atoms with Crippen LogP contribution in [0.2, 0.25) is 0 Å². The molecule has 5 heteroatoms. The van der Waals surface area contributed by atoms with E-state index in [9.17, 15) is 4.79 Å². The third-order valence-electron chi connectivity index (χ3n) is 3.87. The van der Waals surface area contributed by atoms with Gasteiger partial charge in [-0.05, 0) is 18.4 Å². The first-order valence-electron chi connectivity index (χ1n) is 6.75. The van der Waals surface area contributed by atoms with Crippen molar-refractivity contribution in [1.82, 2.24) is 5.32 Å². The second kappa shape index (κ2) is 7.62. The fourth-order valence-corrected chi connectivity index (χ4v) is 2.32. The average Bonchev–Trinajstić information content (AvgIpc) is 3.25. The molecule has 1 atom stereocenters. The summed E-state index contributed by atoms with van der Waals surface area (Å²) in [4.78, 5) is 11.8. The minimum atomic E-state index is -0.188. The first kappa shape index (κ1) is 17.0. The van der Waals surface area contributed by atoms with E-state index in [0.717, 1.165) is 12.8 Å². The first-order valence-corrected chi connectivity index (χ1v) is 6.75. The predicted molar refractivity (Wildman–Crippen MR) is 82.1 cm³/mol. The maximum Gasteiger partial charge on any atom is 0.222 e. The second-order valence-corrected chi connectivity index (χ2v) is 5.22. The molecular weight excluding hydrogens is 276 g/mol. The fraction of sp³-hybridized carbons (Fsp3) is 0.533. The number of carbonyl (C=O) groups is 1. The van der Waals surface area contributed by atoms with Gasteiger partial charge in [0.05, 0.1) is 12.5 Å². The highest BCUT2D eigenvalue weighted by atomic mass is 35.5. The van der Waals surface area contributed by atoms with Gasteiger partial charge in [-0.2, -0.15) is 0 Å². The maximum absolute atomic E-state index is 11.8. The highest BCUT2D eigenvalue weighted by Gasteiger charge is 2.44. The molecule has 1 amide bonds. The smallest absolute Gasteiger partial charge is 0.222 e. The molecular formula is C15H23ClN2O2. The van der Waals surface area contributed by atoms with Crippen LogP contribution in [0.25, 0.3) is 0 Å². The number of halogens is 1. The maximum atomic E-state index is 11.8. The van der Waals surface area contributed by atoms with E-state index in [0.29, 0.717) is 19.5 Å². The van der Waals surface area contributed by atoms with Crippen molar-refractivity contribution < 1.29 is 9.53 Å². The zero-order chi connectivity index (χ0) is 13.7. The zero-order valence-corrected chi connectivity index (χ0v) is 12.6. The lowest BCUT2D eigenvalue weighted by molar-refractivity contribution is -0.123. The van der Waals surface area contributed by atoms with Crippen molar-refractivity contribution >= 4 is 18.3 Å². The summed E-state index contributed by atoms with van der Waals surface area (Å²) in [5, 5.41) is 3.01. The topological polar surface area (TPSA) is 64.3 Å². The van der Waals surface area contributed by atoms with Crippen molar-refractivity contribution in [3.05, 3.63) is 35.9 Å². The van der Waals surface area contributed by atoms with Gasteiger partial charge in [0.2, 0.25) is 5.91 Å². The summed E-state index contributed by atoms with van der Waals surface area (Å²) in [5.74, 6) is 0.0134. The number of amides is 1. The van der Waals surface area contributed by atoms with Crippen LogP contribution in [0.15, 0.2) is 30.3 Å². The number of nitrogens with one attached hydrogen (secondary N) is 1. The fourth-order valence-electron chi connectivity index (χ4n) is 2.32. The third-order valence-corrected chi connectivity index (χ3v) is 3.87. The van der Waals surface area contributed by atoms with Gasteiger partial charge >= 0.3 is 0 Å². The number of hydrogen-bond acceptors (Lipinski definition) is 3. The van der Waals surface area contributed by atoms with E-state index in [1.165, 1.54) is 5.56 Å². The van der Waals surface area contributed by atoms with E-state index in [1.807, 2.05) is 18.2 Å². The minimum Gasteiger partial charge on any atom is -0.380 e. The minimum absolute atomic E-state index is 0. The Morgan fingerprint density at radius 1 is 1.40 bits per heavy atom. The van der Waals surface area contributed by atoms with E-state index in [2.05, 4.69) is 17.4 Å². The number of nitrogens with two attached hydrogens (primary N) is 1. The molecule has 1 unspecified atom stereocenters. The SMILES string of the molecule is COC(CN)CC(=O)NCC1(c2ccccc2)CC1.Cl. The normalized spacial score (nSPS) is 16.9. The summed E-state index contributed by atoms with van der Waals surface area (Å²) in [7, 11) is 1.58. The predicted octanol–water partition coefficient (Wildman–Crippen LogP) is 1.62. The van der Waals surface area contributed by atoms with Gasteiger partial charge < -0.3 is 15.8 Å². The highest BCUT2D eigenvalue weighted by Crippen LogP contribution is 2.47. The van der Waals surface area contributed by atoms with Crippen molar-refractivity contribution in [2.75, 3.05) is 20.2 Å². The molecule has 0 radical (unpaired) electrons. The number of hydrogen-bond donors (Lipinski definition) is 2. The van der Waals surface area contributed by atoms with Crippen LogP contribution in [0.3, 0.4) is 0 Å². The van der Waals surface area contributed by atoms with Gasteiger partial charge in [0.25, 0.3) is 0 Å². The molecule has 0 aromatic heterocycles. The van der Waals surface area contributed by atoms with Crippen molar-refractivity contribution in [3.63, 3.8) is 0 Å². The summed E-state index contributed by atoms with van der Waals surface area (Å²) in [6.45, 7) is 1.07. The molecule has 1 aliphatic rings. The quantitative estimate of drug-likeness (QED) is 0.804. The van der Waals surface area contributed by atoms with E-state index >= 15 is 0 Å². The number of carbonyl (C=O) groups excluding carboxylic acids is 1. The third kappa shape index (κ3) is 4.20. The summed E-state index contributed by atoms with van der Waals surface area (Å²) in [6, 6.07) is 10.4. The van der Waals surface area contributed by atoms with E-state index in [4.69, 9.17) is 10.5 Å². The van der Waals surface area contributed by atoms with Crippen molar-refractivity contribution in [1.29, 1.82) is 0 Å². The zero-order valence-electron chi connectivity index (χ0n) is 11.8. The van der Waals surface area contributed by atoms with Gasteiger partial charge in [-0.3, -0.25) is 4.79 Å². The Balaban J connectivity index is 0.00000200. The summed E-state index contributed by atoms with van der Waals surface area (Å²) >= 11 is 0. The van der Waals surface area contributed by atoms with Crippen molar-refractivity contribution in [3.8, 4) is 0 Å². The Hall–Kier alpha value is -1.10. The van der Waals surface area contributed by atoms with Gasteiger partial charge in [0.15, 0.2) is 0 Å². The molecule has 112 valence electrons. The van der Waals surface area contributed by atoms with Crippen LogP contribution in [0, 0.1) is 0 Å². The molecule has 20 heavy (non-hydrogen) atoms. The van der Waals surface area contributed by atoms with Gasteiger partial charge in [0, 0.05) is 25.6 Å². The van der Waals surface area contributed by atoms with Crippen LogP contribution in [-0.4, -0.2) is 32.2 Å². The lowest BCUT2D eigenvalue weighted by Crippen LogP contribution is -2.36. The van der Waals surface area contributed by atoms with E-state index < -0.39 is 0 Å². The van der Waals surface area contributed by atoms with Gasteiger partial charge in [-0.15, -0.1) is 12.4 Å². The molecule has 2 rings (SSSR count). The van der Waals surface area contributed by atoms with Crippen LogP contribution < -0.4 is 11.1 Å². The Bertz CT molecular complexity index is 417. The molecule has 0 aliphatic heterocycles. The Morgan fingerprint density at radius 2 is 2.05 bits per heavy atom. The second-order valence-electron chi connectivity index (χ2n) is 5.22. The molecule has 4 nitrogen and oxygen atoms in total. The van der Waals surface area contributed by atoms with E-state index in [-0.39, 0.29) is 29.8 Å². The number of rotatable bonds is 7. The Labute approximate surface area is 126 Å². The lowest BCUT2D eigenvalue weighted by atomic mass is 9.96. The molecule has 1 aromatic carbocycles. The Morgan fingerprint density at radius 3 is 2.55 bits per heavy atom. The summed E-state index contributed by atoms with van der Waals surface area (Å²) in [5.41, 5.74) is 6.98. The standard InChI is InChI=1S/C15H22N2O2.ClH/c1-19-13(10-16)9-14(18)17-11-15(7-8-15)12-5-3-2-4-6-12;/h2-6,13H,7-11,16H2,1H3,(H,17,18);1H. The molecule has 0 saturated heterocycles. The molecule has 1 aliphatic carbocycles. The van der Waals surface area contributed by atoms with E-state index in [1.54, 1.807) is 7.11 Å². The molecule has 0 spiro atoms. The molecule has 3 N–H and O–H groups in total. The van der Waals surface area contributed by atoms with Crippen molar-refractivity contribution in [2.45, 2.75) is 30.8 Å². The van der Waals surface area contributed by atoms with Crippen molar-refractivity contribution in [2.24, 2.45) is 5.73 Å². The van der Waals surface area contributed by atoms with Crippen LogP contribution in [0.1, 0.15) is 24.8 Å². The molecule has 1 fully saturated rings. The summed E-state index contributed by atoms with van der Waals surface area (Å²) in [6.07, 6.45) is 2.42. The van der Waals surface area contributed by atoms with Gasteiger partial charge in [-0.1, -0.05) is 30.3 Å².